The highest BCUT2D eigenvalue weighted by Crippen LogP contribution is 2.50. The molecule has 1 aromatic carbocycles. The lowest BCUT2D eigenvalue weighted by molar-refractivity contribution is -0.118. The van der Waals surface area contributed by atoms with Crippen LogP contribution in [0.5, 0.6) is 5.75 Å². The summed E-state index contributed by atoms with van der Waals surface area (Å²) < 4.78 is 28.7. The molecule has 0 spiro atoms. The molecule has 1 aromatic rings. The van der Waals surface area contributed by atoms with Crippen molar-refractivity contribution in [1.29, 1.82) is 0 Å². The van der Waals surface area contributed by atoms with Crippen LogP contribution in [-0.2, 0) is 4.79 Å². The van der Waals surface area contributed by atoms with E-state index >= 15 is 0 Å². The fourth-order valence-corrected chi connectivity index (χ4v) is 1.98. The molecule has 0 aromatic heterocycles. The van der Waals surface area contributed by atoms with Crippen LogP contribution in [0.1, 0.15) is 24.8 Å². The molecule has 0 saturated heterocycles. The summed E-state index contributed by atoms with van der Waals surface area (Å²) in [5.41, 5.74) is 0.711. The zero-order valence-corrected chi connectivity index (χ0v) is 8.82. The van der Waals surface area contributed by atoms with Crippen LogP contribution in [0.4, 0.5) is 8.78 Å². The van der Waals surface area contributed by atoms with E-state index in [0.717, 1.165) is 6.42 Å². The van der Waals surface area contributed by atoms with E-state index < -0.39 is 6.61 Å². The summed E-state index contributed by atoms with van der Waals surface area (Å²) in [6.07, 6.45) is 0.735. The number of hydrogen-bond donors (Lipinski definition) is 0. The van der Waals surface area contributed by atoms with Gasteiger partial charge in [-0.25, -0.2) is 0 Å². The van der Waals surface area contributed by atoms with E-state index in [1.807, 2.05) is 0 Å². The van der Waals surface area contributed by atoms with Gasteiger partial charge in [-0.15, -0.1) is 0 Å². The number of hydrogen-bond acceptors (Lipinski definition) is 2. The fourth-order valence-electron chi connectivity index (χ4n) is 1.98. The molecule has 2 nitrogen and oxygen atoms in total. The summed E-state index contributed by atoms with van der Waals surface area (Å²) >= 11 is 0. The minimum atomic E-state index is -2.82. The average Bonchev–Trinajstić information content (AvgIpc) is 2.97. The maximum absolute atomic E-state index is 12.2. The molecule has 2 rings (SSSR count). The van der Waals surface area contributed by atoms with Crippen LogP contribution in [0.2, 0.25) is 0 Å². The third-order valence-electron chi connectivity index (χ3n) is 2.85. The molecule has 1 aliphatic carbocycles. The van der Waals surface area contributed by atoms with Crippen LogP contribution in [0.3, 0.4) is 0 Å². The predicted octanol–water partition coefficient (Wildman–Crippen LogP) is 2.98. The Kier molecular flexibility index (Phi) is 2.90. The van der Waals surface area contributed by atoms with Gasteiger partial charge >= 0.3 is 6.61 Å². The van der Waals surface area contributed by atoms with E-state index in [1.54, 1.807) is 18.2 Å². The summed E-state index contributed by atoms with van der Waals surface area (Å²) in [5, 5.41) is 0. The van der Waals surface area contributed by atoms with Crippen molar-refractivity contribution >= 4 is 5.78 Å². The Balaban J connectivity index is 2.18. The second kappa shape index (κ2) is 4.20. The van der Waals surface area contributed by atoms with Gasteiger partial charge in [-0.2, -0.15) is 8.78 Å². The number of para-hydroxylation sites is 1. The quantitative estimate of drug-likeness (QED) is 0.788. The first-order valence-corrected chi connectivity index (χ1v) is 5.13. The monoisotopic (exact) mass is 226 g/mol. The van der Waals surface area contributed by atoms with E-state index in [2.05, 4.69) is 4.74 Å². The number of carbonyl (C=O) groups excluding carboxylic acids is 1. The van der Waals surface area contributed by atoms with Gasteiger partial charge in [-0.05, 0) is 30.9 Å². The Morgan fingerprint density at radius 1 is 1.44 bits per heavy atom. The van der Waals surface area contributed by atoms with Crippen molar-refractivity contribution in [2.24, 2.45) is 5.92 Å². The van der Waals surface area contributed by atoms with Gasteiger partial charge < -0.3 is 4.74 Å². The van der Waals surface area contributed by atoms with Crippen molar-refractivity contribution in [2.75, 3.05) is 0 Å². The number of carbonyl (C=O) groups is 1. The molecule has 16 heavy (non-hydrogen) atoms. The molecule has 2 unspecified atom stereocenters. The first-order chi connectivity index (χ1) is 7.59. The molecule has 2 atom stereocenters. The van der Waals surface area contributed by atoms with Crippen molar-refractivity contribution in [3.05, 3.63) is 29.8 Å². The van der Waals surface area contributed by atoms with Crippen LogP contribution in [0.15, 0.2) is 24.3 Å². The van der Waals surface area contributed by atoms with Gasteiger partial charge in [0.15, 0.2) is 0 Å². The minimum Gasteiger partial charge on any atom is -0.435 e. The second-order valence-electron chi connectivity index (χ2n) is 3.98. The number of benzene rings is 1. The Morgan fingerprint density at radius 3 is 2.69 bits per heavy atom. The normalized spacial score (nSPS) is 23.2. The lowest BCUT2D eigenvalue weighted by atomic mass is 10.1. The Labute approximate surface area is 92.2 Å². The molecular formula is C12H12F2O2. The van der Waals surface area contributed by atoms with Gasteiger partial charge in [0.1, 0.15) is 11.5 Å². The summed E-state index contributed by atoms with van der Waals surface area (Å²) in [6, 6.07) is 6.66. The first-order valence-electron chi connectivity index (χ1n) is 5.13. The summed E-state index contributed by atoms with van der Waals surface area (Å²) in [7, 11) is 0. The van der Waals surface area contributed by atoms with Crippen molar-refractivity contribution in [2.45, 2.75) is 25.9 Å². The highest BCUT2D eigenvalue weighted by molar-refractivity contribution is 5.82. The van der Waals surface area contributed by atoms with Crippen molar-refractivity contribution < 1.29 is 18.3 Å². The molecule has 1 saturated carbocycles. The molecule has 0 heterocycles. The van der Waals surface area contributed by atoms with Crippen LogP contribution < -0.4 is 4.74 Å². The molecule has 1 aliphatic rings. The number of rotatable bonds is 4. The molecule has 1 fully saturated rings. The van der Waals surface area contributed by atoms with Crippen molar-refractivity contribution in [3.8, 4) is 5.75 Å². The summed E-state index contributed by atoms with van der Waals surface area (Å²) in [5.74, 6) is 0.318. The number of alkyl halides is 2. The van der Waals surface area contributed by atoms with E-state index in [0.29, 0.717) is 5.56 Å². The fraction of sp³-hybridized carbons (Fsp3) is 0.417. The molecule has 0 N–H and O–H groups in total. The van der Waals surface area contributed by atoms with Crippen molar-refractivity contribution in [3.63, 3.8) is 0 Å². The third kappa shape index (κ3) is 2.21. The van der Waals surface area contributed by atoms with E-state index in [1.165, 1.54) is 13.0 Å². The molecule has 0 aliphatic heterocycles. The van der Waals surface area contributed by atoms with Gasteiger partial charge in [-0.3, -0.25) is 4.79 Å². The Hall–Kier alpha value is -1.45. The molecule has 4 heteroatoms. The lowest BCUT2D eigenvalue weighted by Crippen LogP contribution is -2.04. The zero-order chi connectivity index (χ0) is 11.7. The minimum absolute atomic E-state index is 0.0255. The lowest BCUT2D eigenvalue weighted by Gasteiger charge is -2.09. The van der Waals surface area contributed by atoms with E-state index in [4.69, 9.17) is 0 Å². The molecule has 86 valence electrons. The molecular weight excluding hydrogens is 214 g/mol. The van der Waals surface area contributed by atoms with Gasteiger partial charge in [0.2, 0.25) is 0 Å². The molecule has 0 radical (unpaired) electrons. The average molecular weight is 226 g/mol. The van der Waals surface area contributed by atoms with Crippen molar-refractivity contribution in [1.82, 2.24) is 0 Å². The van der Waals surface area contributed by atoms with Gasteiger partial charge in [0.05, 0.1) is 0 Å². The van der Waals surface area contributed by atoms with Crippen LogP contribution in [-0.4, -0.2) is 12.4 Å². The number of halogens is 2. The standard InChI is InChI=1S/C12H12F2O2/c1-7(15)9-6-10(9)8-4-2-3-5-11(8)16-12(13)14/h2-5,9-10,12H,6H2,1H3. The van der Waals surface area contributed by atoms with Gasteiger partial charge in [0.25, 0.3) is 0 Å². The summed E-state index contributed by atoms with van der Waals surface area (Å²) in [4.78, 5) is 11.1. The summed E-state index contributed by atoms with van der Waals surface area (Å²) in [6.45, 7) is -1.29. The largest absolute Gasteiger partial charge is 0.435 e. The maximum atomic E-state index is 12.2. The highest BCUT2D eigenvalue weighted by Gasteiger charge is 2.43. The number of Topliss-reactive ketones (excluding diaryl/α,β-unsaturated/α-hetero) is 1. The predicted molar refractivity (Wildman–Crippen MR) is 54.6 cm³/mol. The Morgan fingerprint density at radius 2 is 2.12 bits per heavy atom. The number of ether oxygens (including phenoxy) is 1. The van der Waals surface area contributed by atoms with Gasteiger partial charge in [-0.1, -0.05) is 18.2 Å². The third-order valence-corrected chi connectivity index (χ3v) is 2.85. The number of ketones is 1. The Bertz CT molecular complexity index is 404. The molecule has 0 amide bonds. The zero-order valence-electron chi connectivity index (χ0n) is 8.82. The van der Waals surface area contributed by atoms with Crippen LogP contribution >= 0.6 is 0 Å². The molecule has 0 bridgehead atoms. The van der Waals surface area contributed by atoms with E-state index in [9.17, 15) is 13.6 Å². The second-order valence-corrected chi connectivity index (χ2v) is 3.98. The maximum Gasteiger partial charge on any atom is 0.387 e. The van der Waals surface area contributed by atoms with Gasteiger partial charge in [0, 0.05) is 5.92 Å². The smallest absolute Gasteiger partial charge is 0.387 e. The van der Waals surface area contributed by atoms with E-state index in [-0.39, 0.29) is 23.4 Å². The van der Waals surface area contributed by atoms with Crippen LogP contribution in [0.25, 0.3) is 0 Å². The van der Waals surface area contributed by atoms with Crippen LogP contribution in [0, 0.1) is 5.92 Å². The first kappa shape index (κ1) is 11.0. The topological polar surface area (TPSA) is 26.3 Å². The SMILES string of the molecule is CC(=O)C1CC1c1ccccc1OC(F)F. The highest BCUT2D eigenvalue weighted by atomic mass is 19.3.